The van der Waals surface area contributed by atoms with E-state index in [2.05, 4.69) is 43.5 Å². The summed E-state index contributed by atoms with van der Waals surface area (Å²) in [6, 6.07) is 2.73. The molecule has 0 N–H and O–H groups in total. The van der Waals surface area contributed by atoms with Crippen LogP contribution in [-0.2, 0) is 0 Å². The molecule has 0 aliphatic rings. The zero-order valence-electron chi connectivity index (χ0n) is 9.83. The quantitative estimate of drug-likeness (QED) is 0.698. The molecule has 0 aliphatic carbocycles. The summed E-state index contributed by atoms with van der Waals surface area (Å²) in [5, 5.41) is 4.44. The monoisotopic (exact) mass is 194 g/mol. The van der Waals surface area contributed by atoms with E-state index in [1.54, 1.807) is 0 Å². The van der Waals surface area contributed by atoms with Gasteiger partial charge in [-0.15, -0.1) is 0 Å². The van der Waals surface area contributed by atoms with Crippen LogP contribution in [-0.4, -0.2) is 9.78 Å². The molecule has 0 bridgehead atoms. The van der Waals surface area contributed by atoms with Gasteiger partial charge in [0, 0.05) is 11.9 Å². The maximum atomic E-state index is 4.44. The molecule has 0 saturated heterocycles. The summed E-state index contributed by atoms with van der Waals surface area (Å²) in [5.41, 5.74) is 1.37. The van der Waals surface area contributed by atoms with Gasteiger partial charge in [-0.3, -0.25) is 4.68 Å². The minimum atomic E-state index is 0.573. The Kier molecular flexibility index (Phi) is 4.18. The van der Waals surface area contributed by atoms with Crippen LogP contribution in [0.2, 0.25) is 0 Å². The van der Waals surface area contributed by atoms with Gasteiger partial charge in [-0.1, -0.05) is 34.1 Å². The highest BCUT2D eigenvalue weighted by Gasteiger charge is 2.13. The zero-order valence-corrected chi connectivity index (χ0v) is 9.83. The number of nitrogens with zero attached hydrogens (tertiary/aromatic N) is 2. The molecule has 0 amide bonds. The van der Waals surface area contributed by atoms with Crippen LogP contribution < -0.4 is 0 Å². The molecule has 1 heterocycles. The van der Waals surface area contributed by atoms with Crippen LogP contribution in [0.15, 0.2) is 12.3 Å². The van der Waals surface area contributed by atoms with E-state index in [1.807, 2.05) is 6.20 Å². The molecule has 80 valence electrons. The Morgan fingerprint density at radius 1 is 1.36 bits per heavy atom. The maximum absolute atomic E-state index is 4.44. The molecule has 0 aliphatic heterocycles. The molecule has 0 radical (unpaired) electrons. The molecular formula is C12H22N2. The van der Waals surface area contributed by atoms with Gasteiger partial charge in [0.25, 0.3) is 0 Å². The van der Waals surface area contributed by atoms with Crippen molar-refractivity contribution in [3.8, 4) is 0 Å². The lowest BCUT2D eigenvalue weighted by Crippen LogP contribution is -2.13. The van der Waals surface area contributed by atoms with E-state index in [0.717, 1.165) is 0 Å². The van der Waals surface area contributed by atoms with Crippen LogP contribution in [0.3, 0.4) is 0 Å². The maximum Gasteiger partial charge on any atom is 0.0519 e. The Hall–Kier alpha value is -0.790. The molecule has 2 nitrogen and oxygen atoms in total. The first-order valence-electron chi connectivity index (χ1n) is 5.74. The fourth-order valence-corrected chi connectivity index (χ4v) is 1.92. The Labute approximate surface area is 87.3 Å². The van der Waals surface area contributed by atoms with E-state index < -0.39 is 0 Å². The average Bonchev–Trinajstić information content (AvgIpc) is 2.62. The third kappa shape index (κ3) is 2.37. The van der Waals surface area contributed by atoms with E-state index in [1.165, 1.54) is 25.0 Å². The van der Waals surface area contributed by atoms with E-state index >= 15 is 0 Å². The summed E-state index contributed by atoms with van der Waals surface area (Å²) < 4.78 is 2.22. The number of rotatable bonds is 5. The molecule has 2 heteroatoms. The summed E-state index contributed by atoms with van der Waals surface area (Å²) in [4.78, 5) is 0. The fourth-order valence-electron chi connectivity index (χ4n) is 1.92. The molecule has 0 aromatic carbocycles. The highest BCUT2D eigenvalue weighted by Crippen LogP contribution is 2.23. The van der Waals surface area contributed by atoms with Gasteiger partial charge in [-0.2, -0.15) is 5.10 Å². The smallest absolute Gasteiger partial charge is 0.0519 e. The predicted octanol–water partition coefficient (Wildman–Crippen LogP) is 3.76. The Balaban J connectivity index is 2.86. The largest absolute Gasteiger partial charge is 0.266 e. The third-order valence-electron chi connectivity index (χ3n) is 2.73. The van der Waals surface area contributed by atoms with Crippen molar-refractivity contribution in [3.05, 3.63) is 18.0 Å². The van der Waals surface area contributed by atoms with E-state index in [4.69, 9.17) is 0 Å². The van der Waals surface area contributed by atoms with Gasteiger partial charge >= 0.3 is 0 Å². The normalized spacial score (nSPS) is 13.5. The van der Waals surface area contributed by atoms with Crippen LogP contribution in [0.4, 0.5) is 0 Å². The van der Waals surface area contributed by atoms with Gasteiger partial charge in [0.15, 0.2) is 0 Å². The van der Waals surface area contributed by atoms with Crippen molar-refractivity contribution in [2.24, 2.45) is 0 Å². The van der Waals surface area contributed by atoms with Gasteiger partial charge in [0.1, 0.15) is 0 Å². The lowest BCUT2D eigenvalue weighted by Gasteiger charge is -2.19. The second-order valence-corrected chi connectivity index (χ2v) is 4.21. The molecule has 0 saturated carbocycles. The molecule has 1 aromatic rings. The topological polar surface area (TPSA) is 17.8 Å². The Bertz CT molecular complexity index is 263. The number of aromatic nitrogens is 2. The summed E-state index contributed by atoms with van der Waals surface area (Å²) in [7, 11) is 0. The summed E-state index contributed by atoms with van der Waals surface area (Å²) >= 11 is 0. The second kappa shape index (κ2) is 5.18. The fraction of sp³-hybridized carbons (Fsp3) is 0.750. The van der Waals surface area contributed by atoms with Crippen molar-refractivity contribution in [2.45, 2.75) is 58.9 Å². The Morgan fingerprint density at radius 3 is 2.57 bits per heavy atom. The van der Waals surface area contributed by atoms with Gasteiger partial charge in [0.05, 0.1) is 6.04 Å². The highest BCUT2D eigenvalue weighted by atomic mass is 15.3. The van der Waals surface area contributed by atoms with E-state index in [-0.39, 0.29) is 0 Å². The first kappa shape index (κ1) is 11.3. The van der Waals surface area contributed by atoms with E-state index in [0.29, 0.717) is 12.0 Å². The first-order valence-corrected chi connectivity index (χ1v) is 5.74. The molecule has 1 atom stereocenters. The lowest BCUT2D eigenvalue weighted by atomic mass is 10.1. The highest BCUT2D eigenvalue weighted by molar-refractivity contribution is 5.06. The number of hydrogen-bond acceptors (Lipinski definition) is 1. The lowest BCUT2D eigenvalue weighted by molar-refractivity contribution is 0.391. The van der Waals surface area contributed by atoms with Crippen LogP contribution in [0.25, 0.3) is 0 Å². The van der Waals surface area contributed by atoms with Crippen molar-refractivity contribution in [2.75, 3.05) is 0 Å². The van der Waals surface area contributed by atoms with Gasteiger partial charge < -0.3 is 0 Å². The second-order valence-electron chi connectivity index (χ2n) is 4.21. The van der Waals surface area contributed by atoms with Crippen LogP contribution in [0.5, 0.6) is 0 Å². The molecule has 0 spiro atoms. The van der Waals surface area contributed by atoms with Crippen molar-refractivity contribution in [1.82, 2.24) is 9.78 Å². The zero-order chi connectivity index (χ0) is 10.6. The van der Waals surface area contributed by atoms with Crippen LogP contribution >= 0.6 is 0 Å². The predicted molar refractivity (Wildman–Crippen MR) is 60.6 cm³/mol. The van der Waals surface area contributed by atoms with Gasteiger partial charge in [-0.25, -0.2) is 0 Å². The average molecular weight is 194 g/mol. The van der Waals surface area contributed by atoms with Gasteiger partial charge in [0.2, 0.25) is 0 Å². The van der Waals surface area contributed by atoms with Crippen molar-refractivity contribution >= 4 is 0 Å². The van der Waals surface area contributed by atoms with Crippen molar-refractivity contribution in [1.29, 1.82) is 0 Å². The van der Waals surface area contributed by atoms with Crippen molar-refractivity contribution < 1.29 is 0 Å². The third-order valence-corrected chi connectivity index (χ3v) is 2.73. The van der Waals surface area contributed by atoms with Gasteiger partial charge in [-0.05, 0) is 24.8 Å². The molecular weight excluding hydrogens is 172 g/mol. The van der Waals surface area contributed by atoms with Crippen LogP contribution in [0.1, 0.15) is 64.6 Å². The molecule has 1 rings (SSSR count). The summed E-state index contributed by atoms with van der Waals surface area (Å²) in [6.45, 7) is 8.94. The van der Waals surface area contributed by atoms with Crippen molar-refractivity contribution in [3.63, 3.8) is 0 Å². The minimum absolute atomic E-state index is 0.573. The Morgan fingerprint density at radius 2 is 2.07 bits per heavy atom. The summed E-state index contributed by atoms with van der Waals surface area (Å²) in [6.07, 6.45) is 5.57. The van der Waals surface area contributed by atoms with E-state index in [9.17, 15) is 0 Å². The minimum Gasteiger partial charge on any atom is -0.266 e. The molecule has 1 unspecified atom stereocenters. The standard InChI is InChI=1S/C12H22N2/c1-5-7-11(6-2)14-12(10(3)4)8-9-13-14/h8-11H,5-7H2,1-4H3. The SMILES string of the molecule is CCCC(CC)n1nccc1C(C)C. The number of hydrogen-bond donors (Lipinski definition) is 0. The van der Waals surface area contributed by atoms with Crippen LogP contribution in [0, 0.1) is 0 Å². The molecule has 1 aromatic heterocycles. The molecule has 0 fully saturated rings. The summed E-state index contributed by atoms with van der Waals surface area (Å²) in [5.74, 6) is 0.573. The molecule has 14 heavy (non-hydrogen) atoms. The first-order chi connectivity index (χ1) is 6.70.